The molecule has 5 heteroatoms. The minimum atomic E-state index is -0.248. The van der Waals surface area contributed by atoms with Crippen LogP contribution in [0.15, 0.2) is 18.2 Å². The quantitative estimate of drug-likeness (QED) is 0.876. The summed E-state index contributed by atoms with van der Waals surface area (Å²) in [6.07, 6.45) is 0.892. The minimum Gasteiger partial charge on any atom is -0.330 e. The summed E-state index contributed by atoms with van der Waals surface area (Å²) in [4.78, 5) is 6.56. The molecule has 0 aliphatic carbocycles. The predicted molar refractivity (Wildman–Crippen MR) is 70.8 cm³/mol. The molecule has 0 saturated carbocycles. The van der Waals surface area contributed by atoms with Crippen molar-refractivity contribution < 1.29 is 4.39 Å². The van der Waals surface area contributed by atoms with Crippen LogP contribution in [0.3, 0.4) is 0 Å². The number of aromatic nitrogens is 2. The molecular formula is C13H19FN4. The lowest BCUT2D eigenvalue weighted by Gasteiger charge is -2.12. The molecule has 0 unspecified atom stereocenters. The molecule has 4 nitrogen and oxygen atoms in total. The molecule has 0 fully saturated rings. The molecule has 1 heterocycles. The Balaban J connectivity index is 2.45. The van der Waals surface area contributed by atoms with Gasteiger partial charge in [-0.15, -0.1) is 0 Å². The number of aryl methyl sites for hydroxylation is 1. The fourth-order valence-corrected chi connectivity index (χ4v) is 2.06. The van der Waals surface area contributed by atoms with E-state index in [0.29, 0.717) is 12.1 Å². The monoisotopic (exact) mass is 250 g/mol. The van der Waals surface area contributed by atoms with E-state index in [1.807, 2.05) is 14.1 Å². The third-order valence-electron chi connectivity index (χ3n) is 2.83. The first-order chi connectivity index (χ1) is 8.61. The third-order valence-corrected chi connectivity index (χ3v) is 2.83. The van der Waals surface area contributed by atoms with E-state index in [1.54, 1.807) is 6.07 Å². The standard InChI is InChI=1S/C13H19FN4/c1-17(2)9-13-16-11-8-10(14)4-5-12(11)18(13)7-3-6-15/h4-5,8H,3,6-7,9,15H2,1-2H3. The van der Waals surface area contributed by atoms with Crippen molar-refractivity contribution in [3.05, 3.63) is 29.8 Å². The summed E-state index contributed by atoms with van der Waals surface area (Å²) in [5.41, 5.74) is 7.25. The van der Waals surface area contributed by atoms with Crippen molar-refractivity contribution in [3.63, 3.8) is 0 Å². The fourth-order valence-electron chi connectivity index (χ4n) is 2.06. The number of imidazole rings is 1. The molecular weight excluding hydrogens is 231 g/mol. The lowest BCUT2D eigenvalue weighted by Crippen LogP contribution is -2.16. The maximum Gasteiger partial charge on any atom is 0.125 e. The zero-order chi connectivity index (χ0) is 13.1. The van der Waals surface area contributed by atoms with Gasteiger partial charge in [-0.3, -0.25) is 0 Å². The summed E-state index contributed by atoms with van der Waals surface area (Å²) >= 11 is 0. The number of halogens is 1. The van der Waals surface area contributed by atoms with Gasteiger partial charge in [-0.05, 0) is 39.2 Å². The summed E-state index contributed by atoms with van der Waals surface area (Å²) in [5.74, 6) is 0.705. The van der Waals surface area contributed by atoms with Crippen molar-refractivity contribution in [2.45, 2.75) is 19.5 Å². The second kappa shape index (κ2) is 5.46. The van der Waals surface area contributed by atoms with Crippen LogP contribution in [0.4, 0.5) is 4.39 Å². The lowest BCUT2D eigenvalue weighted by molar-refractivity contribution is 0.381. The van der Waals surface area contributed by atoms with Crippen LogP contribution in [-0.2, 0) is 13.1 Å². The Bertz CT molecular complexity index is 533. The Labute approximate surface area is 106 Å². The zero-order valence-corrected chi connectivity index (χ0v) is 10.9. The molecule has 98 valence electrons. The van der Waals surface area contributed by atoms with Gasteiger partial charge in [-0.2, -0.15) is 0 Å². The van der Waals surface area contributed by atoms with Crippen LogP contribution in [0.5, 0.6) is 0 Å². The van der Waals surface area contributed by atoms with Crippen LogP contribution in [0.25, 0.3) is 11.0 Å². The van der Waals surface area contributed by atoms with Crippen LogP contribution in [0, 0.1) is 5.82 Å². The van der Waals surface area contributed by atoms with Gasteiger partial charge in [-0.1, -0.05) is 0 Å². The van der Waals surface area contributed by atoms with Crippen LogP contribution in [0.1, 0.15) is 12.2 Å². The van der Waals surface area contributed by atoms with Crippen LogP contribution in [-0.4, -0.2) is 35.1 Å². The molecule has 2 aromatic rings. The molecule has 0 aliphatic heterocycles. The molecule has 0 aliphatic rings. The number of benzene rings is 1. The molecule has 1 aromatic heterocycles. The molecule has 0 spiro atoms. The van der Waals surface area contributed by atoms with E-state index in [9.17, 15) is 4.39 Å². The average Bonchev–Trinajstić information content (AvgIpc) is 2.62. The van der Waals surface area contributed by atoms with E-state index in [1.165, 1.54) is 12.1 Å². The second-order valence-electron chi connectivity index (χ2n) is 4.69. The summed E-state index contributed by atoms with van der Waals surface area (Å²) in [6, 6.07) is 4.74. The maximum absolute atomic E-state index is 13.2. The first-order valence-electron chi connectivity index (χ1n) is 6.11. The largest absolute Gasteiger partial charge is 0.330 e. The van der Waals surface area contributed by atoms with Crippen molar-refractivity contribution in [1.29, 1.82) is 0 Å². The number of hydrogen-bond donors (Lipinski definition) is 1. The van der Waals surface area contributed by atoms with Crippen LogP contribution < -0.4 is 5.73 Å². The number of fused-ring (bicyclic) bond motifs is 1. The molecule has 2 rings (SSSR count). The third kappa shape index (κ3) is 2.68. The smallest absolute Gasteiger partial charge is 0.125 e. The fraction of sp³-hybridized carbons (Fsp3) is 0.462. The van der Waals surface area contributed by atoms with Gasteiger partial charge in [0.15, 0.2) is 0 Å². The number of hydrogen-bond acceptors (Lipinski definition) is 3. The molecule has 2 N–H and O–H groups in total. The van der Waals surface area contributed by atoms with Crippen molar-refractivity contribution >= 4 is 11.0 Å². The van der Waals surface area contributed by atoms with Gasteiger partial charge in [0, 0.05) is 12.6 Å². The molecule has 0 atom stereocenters. The van der Waals surface area contributed by atoms with E-state index in [4.69, 9.17) is 5.73 Å². The van der Waals surface area contributed by atoms with Gasteiger partial charge in [-0.25, -0.2) is 9.37 Å². The van der Waals surface area contributed by atoms with Gasteiger partial charge in [0.25, 0.3) is 0 Å². The minimum absolute atomic E-state index is 0.248. The number of nitrogens with two attached hydrogens (primary N) is 1. The average molecular weight is 250 g/mol. The molecule has 1 aromatic carbocycles. The van der Waals surface area contributed by atoms with Crippen molar-refractivity contribution in [2.24, 2.45) is 5.73 Å². The number of nitrogens with zero attached hydrogens (tertiary/aromatic N) is 3. The Morgan fingerprint density at radius 3 is 2.83 bits per heavy atom. The summed E-state index contributed by atoms with van der Waals surface area (Å²) in [6.45, 7) is 2.20. The van der Waals surface area contributed by atoms with Crippen LogP contribution >= 0.6 is 0 Å². The topological polar surface area (TPSA) is 47.1 Å². The van der Waals surface area contributed by atoms with Crippen molar-refractivity contribution in [2.75, 3.05) is 20.6 Å². The first-order valence-corrected chi connectivity index (χ1v) is 6.11. The SMILES string of the molecule is CN(C)Cc1nc2cc(F)ccc2n1CCCN. The molecule has 0 bridgehead atoms. The van der Waals surface area contributed by atoms with Gasteiger partial charge in [0.05, 0.1) is 17.6 Å². The summed E-state index contributed by atoms with van der Waals surface area (Å²) in [7, 11) is 3.99. The van der Waals surface area contributed by atoms with E-state index < -0.39 is 0 Å². The lowest BCUT2D eigenvalue weighted by atomic mass is 10.3. The molecule has 0 radical (unpaired) electrons. The van der Waals surface area contributed by atoms with Gasteiger partial charge < -0.3 is 15.2 Å². The Hall–Kier alpha value is -1.46. The van der Waals surface area contributed by atoms with Gasteiger partial charge in [0.1, 0.15) is 11.6 Å². The highest BCUT2D eigenvalue weighted by Gasteiger charge is 2.11. The summed E-state index contributed by atoms with van der Waals surface area (Å²) in [5, 5.41) is 0. The van der Waals surface area contributed by atoms with Crippen molar-refractivity contribution in [3.8, 4) is 0 Å². The van der Waals surface area contributed by atoms with Gasteiger partial charge in [0.2, 0.25) is 0 Å². The predicted octanol–water partition coefficient (Wildman–Crippen LogP) is 1.59. The highest BCUT2D eigenvalue weighted by atomic mass is 19.1. The first kappa shape index (κ1) is 13.0. The van der Waals surface area contributed by atoms with Crippen LogP contribution in [0.2, 0.25) is 0 Å². The van der Waals surface area contributed by atoms with Gasteiger partial charge >= 0.3 is 0 Å². The maximum atomic E-state index is 13.2. The Morgan fingerprint density at radius 2 is 2.17 bits per heavy atom. The second-order valence-corrected chi connectivity index (χ2v) is 4.69. The van der Waals surface area contributed by atoms with E-state index in [0.717, 1.165) is 30.9 Å². The number of rotatable bonds is 5. The molecule has 0 amide bonds. The van der Waals surface area contributed by atoms with E-state index >= 15 is 0 Å². The molecule has 0 saturated heterocycles. The Morgan fingerprint density at radius 1 is 1.39 bits per heavy atom. The zero-order valence-electron chi connectivity index (χ0n) is 10.9. The molecule has 18 heavy (non-hydrogen) atoms. The Kier molecular flexibility index (Phi) is 3.93. The normalized spacial score (nSPS) is 11.6. The summed E-state index contributed by atoms with van der Waals surface area (Å²) < 4.78 is 15.3. The highest BCUT2D eigenvalue weighted by molar-refractivity contribution is 5.76. The van der Waals surface area contributed by atoms with Crippen molar-refractivity contribution in [1.82, 2.24) is 14.5 Å². The highest BCUT2D eigenvalue weighted by Crippen LogP contribution is 2.18. The van der Waals surface area contributed by atoms with E-state index in [-0.39, 0.29) is 5.82 Å². The van der Waals surface area contributed by atoms with E-state index in [2.05, 4.69) is 14.5 Å².